The standard InChI is InChI=1S/C10H16N2S/c1-8-9-3-7-13-10(9)2-5-12(8)6-4-11/h3,7-8H,2,4-6,11H2,1H3. The van der Waals surface area contributed by atoms with E-state index in [0.29, 0.717) is 6.04 Å². The average molecular weight is 196 g/mol. The molecule has 1 unspecified atom stereocenters. The van der Waals surface area contributed by atoms with Crippen LogP contribution in [-0.2, 0) is 6.42 Å². The number of fused-ring (bicyclic) bond motifs is 1. The fourth-order valence-corrected chi connectivity index (χ4v) is 3.00. The maximum absolute atomic E-state index is 5.58. The van der Waals surface area contributed by atoms with Crippen LogP contribution in [0.5, 0.6) is 0 Å². The van der Waals surface area contributed by atoms with E-state index in [1.807, 2.05) is 11.3 Å². The molecule has 13 heavy (non-hydrogen) atoms. The zero-order chi connectivity index (χ0) is 9.26. The van der Waals surface area contributed by atoms with Crippen molar-refractivity contribution in [3.05, 3.63) is 21.9 Å². The van der Waals surface area contributed by atoms with E-state index in [2.05, 4.69) is 23.3 Å². The average Bonchev–Trinajstić information content (AvgIpc) is 2.58. The highest BCUT2D eigenvalue weighted by atomic mass is 32.1. The number of rotatable bonds is 2. The second-order valence-corrected chi connectivity index (χ2v) is 4.55. The van der Waals surface area contributed by atoms with E-state index < -0.39 is 0 Å². The molecule has 2 N–H and O–H groups in total. The van der Waals surface area contributed by atoms with Crippen molar-refractivity contribution in [3.8, 4) is 0 Å². The predicted octanol–water partition coefficient (Wildman–Crippen LogP) is 1.63. The molecule has 0 fully saturated rings. The lowest BCUT2D eigenvalue weighted by Crippen LogP contribution is -2.36. The molecule has 1 aromatic heterocycles. The van der Waals surface area contributed by atoms with Gasteiger partial charge in [-0.05, 0) is 30.4 Å². The Morgan fingerprint density at radius 2 is 2.54 bits per heavy atom. The molecule has 2 heterocycles. The Labute approximate surface area is 83.4 Å². The van der Waals surface area contributed by atoms with Crippen LogP contribution >= 0.6 is 11.3 Å². The molecular formula is C10H16N2S. The zero-order valence-electron chi connectivity index (χ0n) is 7.99. The fraction of sp³-hybridized carbons (Fsp3) is 0.600. The molecule has 1 aromatic rings. The molecule has 0 amide bonds. The van der Waals surface area contributed by atoms with Gasteiger partial charge >= 0.3 is 0 Å². The van der Waals surface area contributed by atoms with E-state index in [1.165, 1.54) is 18.5 Å². The topological polar surface area (TPSA) is 29.3 Å². The lowest BCUT2D eigenvalue weighted by Gasteiger charge is -2.33. The first kappa shape index (κ1) is 9.19. The molecule has 1 atom stereocenters. The predicted molar refractivity (Wildman–Crippen MR) is 57.1 cm³/mol. The van der Waals surface area contributed by atoms with Gasteiger partial charge in [-0.2, -0.15) is 0 Å². The third-order valence-electron chi connectivity index (χ3n) is 2.82. The first-order valence-corrected chi connectivity index (χ1v) is 5.71. The number of thiophene rings is 1. The summed E-state index contributed by atoms with van der Waals surface area (Å²) in [4.78, 5) is 4.04. The Morgan fingerprint density at radius 1 is 1.69 bits per heavy atom. The molecule has 0 saturated heterocycles. The molecule has 0 saturated carbocycles. The minimum atomic E-state index is 0.568. The van der Waals surface area contributed by atoms with Crippen molar-refractivity contribution in [1.82, 2.24) is 4.90 Å². The highest BCUT2D eigenvalue weighted by Crippen LogP contribution is 2.32. The largest absolute Gasteiger partial charge is 0.329 e. The van der Waals surface area contributed by atoms with Crippen LogP contribution in [0.4, 0.5) is 0 Å². The molecule has 0 radical (unpaired) electrons. The number of nitrogens with two attached hydrogens (primary N) is 1. The van der Waals surface area contributed by atoms with Crippen LogP contribution in [0, 0.1) is 0 Å². The van der Waals surface area contributed by atoms with Crippen molar-refractivity contribution in [2.45, 2.75) is 19.4 Å². The van der Waals surface area contributed by atoms with Gasteiger partial charge in [0.05, 0.1) is 0 Å². The highest BCUT2D eigenvalue weighted by Gasteiger charge is 2.23. The quantitative estimate of drug-likeness (QED) is 0.779. The number of hydrogen-bond acceptors (Lipinski definition) is 3. The van der Waals surface area contributed by atoms with Gasteiger partial charge in [-0.3, -0.25) is 4.90 Å². The van der Waals surface area contributed by atoms with Gasteiger partial charge < -0.3 is 5.73 Å². The molecular weight excluding hydrogens is 180 g/mol. The van der Waals surface area contributed by atoms with Gasteiger partial charge in [-0.1, -0.05) is 0 Å². The minimum Gasteiger partial charge on any atom is -0.329 e. The maximum Gasteiger partial charge on any atom is 0.0331 e. The van der Waals surface area contributed by atoms with Crippen LogP contribution in [0.3, 0.4) is 0 Å². The second-order valence-electron chi connectivity index (χ2n) is 3.55. The molecule has 3 heteroatoms. The van der Waals surface area contributed by atoms with Gasteiger partial charge in [0, 0.05) is 30.6 Å². The summed E-state index contributed by atoms with van der Waals surface area (Å²) in [7, 11) is 0. The Bertz CT molecular complexity index is 282. The summed E-state index contributed by atoms with van der Waals surface area (Å²) in [6.45, 7) is 5.24. The summed E-state index contributed by atoms with van der Waals surface area (Å²) in [5.41, 5.74) is 7.10. The summed E-state index contributed by atoms with van der Waals surface area (Å²) < 4.78 is 0. The molecule has 2 nitrogen and oxygen atoms in total. The van der Waals surface area contributed by atoms with Crippen LogP contribution in [0.1, 0.15) is 23.4 Å². The van der Waals surface area contributed by atoms with Crippen molar-refractivity contribution in [2.75, 3.05) is 19.6 Å². The van der Waals surface area contributed by atoms with Crippen molar-refractivity contribution < 1.29 is 0 Å². The van der Waals surface area contributed by atoms with Crippen molar-refractivity contribution in [3.63, 3.8) is 0 Å². The van der Waals surface area contributed by atoms with Crippen LogP contribution in [0.25, 0.3) is 0 Å². The highest BCUT2D eigenvalue weighted by molar-refractivity contribution is 7.10. The van der Waals surface area contributed by atoms with Gasteiger partial charge in [-0.15, -0.1) is 11.3 Å². The third-order valence-corrected chi connectivity index (χ3v) is 3.82. The summed E-state index contributed by atoms with van der Waals surface area (Å²) in [5.74, 6) is 0. The molecule has 1 aliphatic heterocycles. The number of hydrogen-bond donors (Lipinski definition) is 1. The van der Waals surface area contributed by atoms with Gasteiger partial charge in [0.2, 0.25) is 0 Å². The summed E-state index contributed by atoms with van der Waals surface area (Å²) >= 11 is 1.89. The monoisotopic (exact) mass is 196 g/mol. The van der Waals surface area contributed by atoms with Gasteiger partial charge in [0.1, 0.15) is 0 Å². The van der Waals surface area contributed by atoms with E-state index >= 15 is 0 Å². The minimum absolute atomic E-state index is 0.568. The van der Waals surface area contributed by atoms with E-state index in [1.54, 1.807) is 4.88 Å². The normalized spacial score (nSPS) is 23.1. The van der Waals surface area contributed by atoms with Gasteiger partial charge in [0.25, 0.3) is 0 Å². The SMILES string of the molecule is CC1c2ccsc2CCN1CCN. The van der Waals surface area contributed by atoms with E-state index in [9.17, 15) is 0 Å². The van der Waals surface area contributed by atoms with Crippen LogP contribution in [0.2, 0.25) is 0 Å². The molecule has 0 aromatic carbocycles. The Kier molecular flexibility index (Phi) is 2.67. The fourth-order valence-electron chi connectivity index (χ4n) is 2.03. The third kappa shape index (κ3) is 1.64. The summed E-state index contributed by atoms with van der Waals surface area (Å²) in [5, 5.41) is 2.20. The molecule has 0 aliphatic carbocycles. The zero-order valence-corrected chi connectivity index (χ0v) is 8.81. The van der Waals surface area contributed by atoms with E-state index in [-0.39, 0.29) is 0 Å². The van der Waals surface area contributed by atoms with Crippen LogP contribution < -0.4 is 5.73 Å². The van der Waals surface area contributed by atoms with Gasteiger partial charge in [-0.25, -0.2) is 0 Å². The molecule has 0 bridgehead atoms. The Hall–Kier alpha value is -0.380. The van der Waals surface area contributed by atoms with Crippen LogP contribution in [0.15, 0.2) is 11.4 Å². The first-order valence-electron chi connectivity index (χ1n) is 4.83. The Balaban J connectivity index is 2.17. The molecule has 0 spiro atoms. The smallest absolute Gasteiger partial charge is 0.0331 e. The Morgan fingerprint density at radius 3 is 3.31 bits per heavy atom. The van der Waals surface area contributed by atoms with Crippen molar-refractivity contribution in [1.29, 1.82) is 0 Å². The second kappa shape index (κ2) is 3.78. The van der Waals surface area contributed by atoms with Crippen molar-refractivity contribution in [2.24, 2.45) is 5.73 Å². The lowest BCUT2D eigenvalue weighted by atomic mass is 10.0. The first-order chi connectivity index (χ1) is 6.33. The molecule has 2 rings (SSSR count). The summed E-state index contributed by atoms with van der Waals surface area (Å²) in [6, 6.07) is 2.83. The van der Waals surface area contributed by atoms with Crippen LogP contribution in [-0.4, -0.2) is 24.5 Å². The summed E-state index contributed by atoms with van der Waals surface area (Å²) in [6.07, 6.45) is 1.21. The molecule has 72 valence electrons. The molecule has 1 aliphatic rings. The van der Waals surface area contributed by atoms with Crippen molar-refractivity contribution >= 4 is 11.3 Å². The lowest BCUT2D eigenvalue weighted by molar-refractivity contribution is 0.206. The van der Waals surface area contributed by atoms with E-state index in [4.69, 9.17) is 5.73 Å². The number of nitrogens with zero attached hydrogens (tertiary/aromatic N) is 1. The van der Waals surface area contributed by atoms with Gasteiger partial charge in [0.15, 0.2) is 0 Å². The van der Waals surface area contributed by atoms with E-state index in [0.717, 1.165) is 13.1 Å². The maximum atomic E-state index is 5.58.